The predicted molar refractivity (Wildman–Crippen MR) is 65.3 cm³/mol. The summed E-state index contributed by atoms with van der Waals surface area (Å²) in [6, 6.07) is 9.83. The zero-order chi connectivity index (χ0) is 12.3. The summed E-state index contributed by atoms with van der Waals surface area (Å²) >= 11 is 0. The fourth-order valence-electron chi connectivity index (χ4n) is 2.28. The molecule has 0 heterocycles. The number of benzene rings is 1. The maximum atomic E-state index is 12.1. The molecule has 3 heteroatoms. The van der Waals surface area contributed by atoms with Gasteiger partial charge in [-0.1, -0.05) is 30.3 Å². The summed E-state index contributed by atoms with van der Waals surface area (Å²) in [5.74, 6) is -0.310. The Morgan fingerprint density at radius 1 is 1.35 bits per heavy atom. The third-order valence-corrected chi connectivity index (χ3v) is 3.24. The molecule has 1 aliphatic carbocycles. The first-order valence-electron chi connectivity index (χ1n) is 6.00. The molecule has 0 aliphatic heterocycles. The second-order valence-electron chi connectivity index (χ2n) is 4.59. The highest BCUT2D eigenvalue weighted by atomic mass is 16.2. The molecule has 1 amide bonds. The first kappa shape index (κ1) is 11.8. The predicted octanol–water partition coefficient (Wildman–Crippen LogP) is 2.01. The molecule has 1 unspecified atom stereocenters. The number of carbonyl (C=O) groups excluding carboxylic acids is 2. The van der Waals surface area contributed by atoms with E-state index in [1.807, 2.05) is 30.3 Å². The maximum Gasteiger partial charge on any atom is 0.233 e. The molecule has 1 aliphatic rings. The average molecular weight is 231 g/mol. The van der Waals surface area contributed by atoms with E-state index in [4.69, 9.17) is 0 Å². The van der Waals surface area contributed by atoms with Crippen molar-refractivity contribution >= 4 is 11.7 Å². The van der Waals surface area contributed by atoms with E-state index in [0.29, 0.717) is 13.0 Å². The lowest BCUT2D eigenvalue weighted by Gasteiger charge is -2.20. The van der Waals surface area contributed by atoms with Crippen molar-refractivity contribution < 1.29 is 9.59 Å². The van der Waals surface area contributed by atoms with Gasteiger partial charge in [-0.05, 0) is 18.4 Å². The topological polar surface area (TPSA) is 37.4 Å². The van der Waals surface area contributed by atoms with Crippen LogP contribution in [-0.4, -0.2) is 23.6 Å². The Hall–Kier alpha value is -1.64. The van der Waals surface area contributed by atoms with Crippen molar-refractivity contribution in [2.45, 2.75) is 25.8 Å². The van der Waals surface area contributed by atoms with Crippen LogP contribution in [0, 0.1) is 5.92 Å². The Labute approximate surface area is 101 Å². The first-order valence-corrected chi connectivity index (χ1v) is 6.00. The molecule has 0 radical (unpaired) electrons. The van der Waals surface area contributed by atoms with E-state index in [2.05, 4.69) is 0 Å². The molecule has 0 bridgehead atoms. The number of rotatable bonds is 3. The van der Waals surface area contributed by atoms with Gasteiger partial charge in [-0.2, -0.15) is 0 Å². The highest BCUT2D eigenvalue weighted by Crippen LogP contribution is 2.23. The standard InChI is InChI=1S/C14H17NO2/c1-15(10-11-6-3-2-4-7-11)14(17)12-8-5-9-13(12)16/h2-4,6-7,12H,5,8-10H2,1H3. The minimum Gasteiger partial charge on any atom is -0.341 e. The molecule has 90 valence electrons. The Bertz CT molecular complexity index is 413. The van der Waals surface area contributed by atoms with Crippen molar-refractivity contribution in [3.05, 3.63) is 35.9 Å². The van der Waals surface area contributed by atoms with Gasteiger partial charge < -0.3 is 4.90 Å². The maximum absolute atomic E-state index is 12.1. The van der Waals surface area contributed by atoms with Crippen molar-refractivity contribution in [2.75, 3.05) is 7.05 Å². The summed E-state index contributed by atoms with van der Waals surface area (Å²) in [5, 5.41) is 0. The van der Waals surface area contributed by atoms with Gasteiger partial charge in [-0.15, -0.1) is 0 Å². The molecular weight excluding hydrogens is 214 g/mol. The molecule has 1 fully saturated rings. The third kappa shape index (κ3) is 2.73. The summed E-state index contributed by atoms with van der Waals surface area (Å²) < 4.78 is 0. The average Bonchev–Trinajstić information content (AvgIpc) is 2.76. The van der Waals surface area contributed by atoms with Crippen LogP contribution in [0.5, 0.6) is 0 Å². The van der Waals surface area contributed by atoms with Crippen molar-refractivity contribution in [1.29, 1.82) is 0 Å². The van der Waals surface area contributed by atoms with Crippen molar-refractivity contribution in [3.8, 4) is 0 Å². The molecule has 1 atom stereocenters. The van der Waals surface area contributed by atoms with Gasteiger partial charge in [-0.3, -0.25) is 9.59 Å². The molecule has 1 aromatic carbocycles. The number of nitrogens with zero attached hydrogens (tertiary/aromatic N) is 1. The minimum atomic E-state index is -0.385. The second-order valence-corrected chi connectivity index (χ2v) is 4.59. The van der Waals surface area contributed by atoms with Crippen molar-refractivity contribution in [2.24, 2.45) is 5.92 Å². The Balaban J connectivity index is 1.98. The molecule has 1 saturated carbocycles. The summed E-state index contributed by atoms with van der Waals surface area (Å²) in [7, 11) is 1.76. The molecule has 1 aromatic rings. The molecule has 2 rings (SSSR count). The molecule has 0 aromatic heterocycles. The van der Waals surface area contributed by atoms with Crippen LogP contribution in [0.2, 0.25) is 0 Å². The van der Waals surface area contributed by atoms with E-state index in [1.54, 1.807) is 11.9 Å². The fourth-order valence-corrected chi connectivity index (χ4v) is 2.28. The number of hydrogen-bond acceptors (Lipinski definition) is 2. The quantitative estimate of drug-likeness (QED) is 0.746. The number of hydrogen-bond donors (Lipinski definition) is 0. The van der Waals surface area contributed by atoms with Crippen LogP contribution in [0.15, 0.2) is 30.3 Å². The normalized spacial score (nSPS) is 19.4. The van der Waals surface area contributed by atoms with E-state index in [0.717, 1.165) is 18.4 Å². The van der Waals surface area contributed by atoms with Crippen LogP contribution in [0.1, 0.15) is 24.8 Å². The lowest BCUT2D eigenvalue weighted by atomic mass is 10.1. The van der Waals surface area contributed by atoms with Crippen molar-refractivity contribution in [3.63, 3.8) is 0 Å². The van der Waals surface area contributed by atoms with E-state index < -0.39 is 0 Å². The molecule has 17 heavy (non-hydrogen) atoms. The van der Waals surface area contributed by atoms with Gasteiger partial charge in [0.1, 0.15) is 5.78 Å². The molecule has 3 nitrogen and oxygen atoms in total. The van der Waals surface area contributed by atoms with Gasteiger partial charge in [0.25, 0.3) is 0 Å². The van der Waals surface area contributed by atoms with E-state index >= 15 is 0 Å². The van der Waals surface area contributed by atoms with Crippen molar-refractivity contribution in [1.82, 2.24) is 4.90 Å². The van der Waals surface area contributed by atoms with Crippen LogP contribution in [0.3, 0.4) is 0 Å². The van der Waals surface area contributed by atoms with E-state index in [-0.39, 0.29) is 17.6 Å². The molecule has 0 spiro atoms. The highest BCUT2D eigenvalue weighted by Gasteiger charge is 2.32. The number of carbonyl (C=O) groups is 2. The summed E-state index contributed by atoms with van der Waals surface area (Å²) in [6.45, 7) is 0.573. The van der Waals surface area contributed by atoms with Gasteiger partial charge in [0.05, 0.1) is 5.92 Å². The van der Waals surface area contributed by atoms with Crippen LogP contribution < -0.4 is 0 Å². The van der Waals surface area contributed by atoms with Gasteiger partial charge in [0.2, 0.25) is 5.91 Å². The number of Topliss-reactive ketones (excluding diaryl/α,β-unsaturated/α-hetero) is 1. The molecule has 0 N–H and O–H groups in total. The first-order chi connectivity index (χ1) is 8.18. The Kier molecular flexibility index (Phi) is 3.57. The summed E-state index contributed by atoms with van der Waals surface area (Å²) in [4.78, 5) is 25.2. The van der Waals surface area contributed by atoms with Gasteiger partial charge in [0, 0.05) is 20.0 Å². The third-order valence-electron chi connectivity index (χ3n) is 3.24. The number of ketones is 1. The zero-order valence-corrected chi connectivity index (χ0v) is 10.1. The van der Waals surface area contributed by atoms with Gasteiger partial charge in [-0.25, -0.2) is 0 Å². The molecular formula is C14H17NO2. The Morgan fingerprint density at radius 3 is 2.65 bits per heavy atom. The minimum absolute atomic E-state index is 0.0312. The van der Waals surface area contributed by atoms with Gasteiger partial charge in [0.15, 0.2) is 0 Å². The van der Waals surface area contributed by atoms with E-state index in [9.17, 15) is 9.59 Å². The lowest BCUT2D eigenvalue weighted by molar-refractivity contribution is -0.139. The second kappa shape index (κ2) is 5.13. The molecule has 0 saturated heterocycles. The highest BCUT2D eigenvalue weighted by molar-refractivity contribution is 6.02. The zero-order valence-electron chi connectivity index (χ0n) is 10.1. The van der Waals surface area contributed by atoms with Crippen LogP contribution in [0.25, 0.3) is 0 Å². The summed E-state index contributed by atoms with van der Waals surface area (Å²) in [5.41, 5.74) is 1.09. The van der Waals surface area contributed by atoms with Crippen LogP contribution >= 0.6 is 0 Å². The monoisotopic (exact) mass is 231 g/mol. The lowest BCUT2D eigenvalue weighted by Crippen LogP contribution is -2.34. The largest absolute Gasteiger partial charge is 0.341 e. The van der Waals surface area contributed by atoms with Gasteiger partial charge >= 0.3 is 0 Å². The summed E-state index contributed by atoms with van der Waals surface area (Å²) in [6.07, 6.45) is 2.14. The fraction of sp³-hybridized carbons (Fsp3) is 0.429. The number of amides is 1. The smallest absolute Gasteiger partial charge is 0.233 e. The SMILES string of the molecule is CN(Cc1ccccc1)C(=O)C1CCCC1=O. The van der Waals surface area contributed by atoms with Crippen LogP contribution in [0.4, 0.5) is 0 Å². The van der Waals surface area contributed by atoms with Crippen LogP contribution in [-0.2, 0) is 16.1 Å². The Morgan fingerprint density at radius 2 is 2.06 bits per heavy atom. The van der Waals surface area contributed by atoms with E-state index in [1.165, 1.54) is 0 Å².